The second kappa shape index (κ2) is 7.41. The number of aromatic nitrogens is 4. The molecule has 0 spiro atoms. The largest absolute Gasteiger partial charge is 0.416 e. The average Bonchev–Trinajstić information content (AvgIpc) is 3.14. The lowest BCUT2D eigenvalue weighted by molar-refractivity contribution is -0.137. The molecule has 1 amide bonds. The second-order valence-electron chi connectivity index (χ2n) is 7.30. The normalized spacial score (nSPS) is 12.2. The SMILES string of the molecule is CC(C)(O)Cc1c(-c2ccc(C(F)(F)F)cc2)nn(-c2cn[nH]c2)c(=O)c1C(N)=O. The van der Waals surface area contributed by atoms with Crippen LogP contribution in [0.3, 0.4) is 0 Å². The summed E-state index contributed by atoms with van der Waals surface area (Å²) in [6.07, 6.45) is -2.08. The van der Waals surface area contributed by atoms with Crippen molar-refractivity contribution < 1.29 is 23.1 Å². The highest BCUT2D eigenvalue weighted by Gasteiger charge is 2.31. The number of nitrogens with zero attached hydrogens (tertiary/aromatic N) is 3. The Kier molecular flexibility index (Phi) is 5.25. The first kappa shape index (κ1) is 21.2. The molecule has 30 heavy (non-hydrogen) atoms. The zero-order chi connectivity index (χ0) is 22.3. The second-order valence-corrected chi connectivity index (χ2v) is 7.30. The number of benzene rings is 1. The number of amides is 1. The van der Waals surface area contributed by atoms with Crippen LogP contribution in [0.1, 0.15) is 35.3 Å². The highest BCUT2D eigenvalue weighted by molar-refractivity contribution is 5.95. The number of primary amides is 1. The maximum absolute atomic E-state index is 12.9. The van der Waals surface area contributed by atoms with Crippen molar-refractivity contribution in [3.8, 4) is 16.9 Å². The quantitative estimate of drug-likeness (QED) is 0.581. The summed E-state index contributed by atoms with van der Waals surface area (Å²) in [5.74, 6) is -1.05. The molecule has 0 radical (unpaired) electrons. The van der Waals surface area contributed by atoms with Crippen LogP contribution in [0.5, 0.6) is 0 Å². The minimum absolute atomic E-state index is 0.0412. The lowest BCUT2D eigenvalue weighted by Crippen LogP contribution is -2.35. The fourth-order valence-corrected chi connectivity index (χ4v) is 3.00. The fourth-order valence-electron chi connectivity index (χ4n) is 3.00. The number of carbonyl (C=O) groups excluding carboxylic acids is 1. The van der Waals surface area contributed by atoms with Crippen molar-refractivity contribution >= 4 is 5.91 Å². The van der Waals surface area contributed by atoms with Crippen LogP contribution >= 0.6 is 0 Å². The van der Waals surface area contributed by atoms with Gasteiger partial charge in [-0.25, -0.2) is 0 Å². The number of hydrogen-bond acceptors (Lipinski definition) is 5. The number of nitrogens with one attached hydrogen (secondary N) is 1. The fraction of sp³-hybridized carbons (Fsp3) is 0.263. The van der Waals surface area contributed by atoms with Gasteiger partial charge in [0.15, 0.2) is 0 Å². The topological polar surface area (TPSA) is 127 Å². The van der Waals surface area contributed by atoms with Crippen LogP contribution < -0.4 is 11.3 Å². The number of H-pyrrole nitrogens is 1. The molecule has 0 atom stereocenters. The Hall–Kier alpha value is -3.47. The van der Waals surface area contributed by atoms with E-state index in [-0.39, 0.29) is 28.9 Å². The highest BCUT2D eigenvalue weighted by Crippen LogP contribution is 2.32. The van der Waals surface area contributed by atoms with Crippen LogP contribution in [0, 0.1) is 0 Å². The van der Waals surface area contributed by atoms with Crippen LogP contribution in [0.4, 0.5) is 13.2 Å². The number of aromatic amines is 1. The molecular formula is C19H18F3N5O3. The lowest BCUT2D eigenvalue weighted by atomic mass is 9.91. The average molecular weight is 421 g/mol. The Morgan fingerprint density at radius 2 is 1.87 bits per heavy atom. The van der Waals surface area contributed by atoms with E-state index in [9.17, 15) is 27.9 Å². The van der Waals surface area contributed by atoms with Gasteiger partial charge in [0.1, 0.15) is 11.3 Å². The Morgan fingerprint density at radius 1 is 1.23 bits per heavy atom. The third-order valence-electron chi connectivity index (χ3n) is 4.26. The number of hydrogen-bond donors (Lipinski definition) is 3. The lowest BCUT2D eigenvalue weighted by Gasteiger charge is -2.21. The molecule has 0 aliphatic rings. The van der Waals surface area contributed by atoms with Gasteiger partial charge in [-0.15, -0.1) is 0 Å². The number of halogens is 3. The van der Waals surface area contributed by atoms with E-state index in [4.69, 9.17) is 5.73 Å². The Bertz CT molecular complexity index is 1130. The van der Waals surface area contributed by atoms with Gasteiger partial charge in [0.05, 0.1) is 23.1 Å². The summed E-state index contributed by atoms with van der Waals surface area (Å²) in [7, 11) is 0. The predicted octanol–water partition coefficient (Wildman–Crippen LogP) is 2.05. The summed E-state index contributed by atoms with van der Waals surface area (Å²) in [6, 6.07) is 4.08. The molecule has 4 N–H and O–H groups in total. The Balaban J connectivity index is 2.33. The maximum Gasteiger partial charge on any atom is 0.416 e. The molecule has 3 aromatic rings. The number of rotatable bonds is 5. The van der Waals surface area contributed by atoms with Gasteiger partial charge in [0, 0.05) is 23.7 Å². The van der Waals surface area contributed by atoms with Crippen molar-refractivity contribution in [1.29, 1.82) is 0 Å². The van der Waals surface area contributed by atoms with E-state index in [0.29, 0.717) is 0 Å². The molecule has 0 saturated heterocycles. The molecule has 0 fully saturated rings. The van der Waals surface area contributed by atoms with Crippen molar-refractivity contribution in [2.24, 2.45) is 5.73 Å². The molecule has 0 unspecified atom stereocenters. The van der Waals surface area contributed by atoms with Gasteiger partial charge in [-0.1, -0.05) is 12.1 Å². The van der Waals surface area contributed by atoms with Gasteiger partial charge in [0.2, 0.25) is 0 Å². The van der Waals surface area contributed by atoms with E-state index < -0.39 is 34.4 Å². The van der Waals surface area contributed by atoms with Gasteiger partial charge in [-0.3, -0.25) is 14.7 Å². The predicted molar refractivity (Wildman–Crippen MR) is 101 cm³/mol. The molecule has 0 aliphatic heterocycles. The minimum atomic E-state index is -4.53. The molecular weight excluding hydrogens is 403 g/mol. The van der Waals surface area contributed by atoms with Crippen LogP contribution in [-0.2, 0) is 12.6 Å². The summed E-state index contributed by atoms with van der Waals surface area (Å²) < 4.78 is 39.7. The first-order chi connectivity index (χ1) is 13.9. The smallest absolute Gasteiger partial charge is 0.390 e. The molecule has 2 heterocycles. The first-order valence-electron chi connectivity index (χ1n) is 8.73. The maximum atomic E-state index is 12.9. The van der Waals surface area contributed by atoms with Crippen molar-refractivity contribution in [1.82, 2.24) is 20.0 Å². The van der Waals surface area contributed by atoms with Crippen LogP contribution in [0.25, 0.3) is 16.9 Å². The zero-order valence-corrected chi connectivity index (χ0v) is 16.0. The first-order valence-corrected chi connectivity index (χ1v) is 8.73. The number of alkyl halides is 3. The van der Waals surface area contributed by atoms with Gasteiger partial charge in [-0.2, -0.15) is 28.1 Å². The summed E-state index contributed by atoms with van der Waals surface area (Å²) in [5, 5.41) is 20.8. The highest BCUT2D eigenvalue weighted by atomic mass is 19.4. The number of nitrogens with two attached hydrogens (primary N) is 1. The van der Waals surface area contributed by atoms with E-state index in [1.165, 1.54) is 38.4 Å². The zero-order valence-electron chi connectivity index (χ0n) is 16.0. The van der Waals surface area contributed by atoms with Crippen molar-refractivity contribution in [2.75, 3.05) is 0 Å². The molecule has 8 nitrogen and oxygen atoms in total. The van der Waals surface area contributed by atoms with Crippen molar-refractivity contribution in [3.63, 3.8) is 0 Å². The molecule has 158 valence electrons. The Labute approximate surface area is 168 Å². The van der Waals surface area contributed by atoms with E-state index in [0.717, 1.165) is 16.8 Å². The molecule has 0 aliphatic carbocycles. The van der Waals surface area contributed by atoms with Crippen molar-refractivity contribution in [3.05, 3.63) is 63.7 Å². The summed E-state index contributed by atoms with van der Waals surface area (Å²) in [5.41, 5.74) is 2.47. The summed E-state index contributed by atoms with van der Waals surface area (Å²) >= 11 is 0. The van der Waals surface area contributed by atoms with Crippen LogP contribution in [0.2, 0.25) is 0 Å². The van der Waals surface area contributed by atoms with E-state index in [1.807, 2.05) is 0 Å². The van der Waals surface area contributed by atoms with E-state index in [1.54, 1.807) is 0 Å². The third kappa shape index (κ3) is 4.25. The van der Waals surface area contributed by atoms with Gasteiger partial charge < -0.3 is 10.8 Å². The van der Waals surface area contributed by atoms with Crippen molar-refractivity contribution in [2.45, 2.75) is 32.0 Å². The van der Waals surface area contributed by atoms with Gasteiger partial charge >= 0.3 is 6.18 Å². The van der Waals surface area contributed by atoms with E-state index >= 15 is 0 Å². The third-order valence-corrected chi connectivity index (χ3v) is 4.26. The van der Waals surface area contributed by atoms with Gasteiger partial charge in [-0.05, 0) is 26.0 Å². The van der Waals surface area contributed by atoms with Crippen LogP contribution in [0.15, 0.2) is 41.5 Å². The minimum Gasteiger partial charge on any atom is -0.390 e. The molecule has 2 aromatic heterocycles. The summed E-state index contributed by atoms with van der Waals surface area (Å²) in [4.78, 5) is 25.1. The van der Waals surface area contributed by atoms with Gasteiger partial charge in [0.25, 0.3) is 11.5 Å². The molecule has 11 heteroatoms. The van der Waals surface area contributed by atoms with Crippen LogP contribution in [-0.4, -0.2) is 36.6 Å². The molecule has 0 saturated carbocycles. The molecule has 3 rings (SSSR count). The van der Waals surface area contributed by atoms with E-state index in [2.05, 4.69) is 15.3 Å². The number of carbonyl (C=O) groups is 1. The molecule has 0 bridgehead atoms. The standard InChI is InChI=1S/C19H18F3N5O3/c1-18(2,30)7-13-14(16(23)28)17(29)27(12-8-24-25-9-12)26-15(13)10-3-5-11(6-4-10)19(20,21)22/h3-6,8-9,30H,7H2,1-2H3,(H2,23,28)(H,24,25). The number of aliphatic hydroxyl groups is 1. The Morgan fingerprint density at radius 3 is 2.33 bits per heavy atom. The summed E-state index contributed by atoms with van der Waals surface area (Å²) in [6.45, 7) is 2.91. The molecule has 1 aromatic carbocycles. The monoisotopic (exact) mass is 421 g/mol.